The fraction of sp³-hybridized carbons (Fsp3) is 0.647. The van der Waals surface area contributed by atoms with E-state index < -0.39 is 24.1 Å². The molecule has 1 heterocycles. The van der Waals surface area contributed by atoms with E-state index in [1.807, 2.05) is 12.1 Å². The van der Waals surface area contributed by atoms with Crippen LogP contribution in [0.5, 0.6) is 5.75 Å². The SMILES string of the molecule is CCCCCC1COC(c2ccc(C3CCC(C4CCC(C(F)(F)Oc5ccc(Cl)c(F)c5)CC4)CC3)c(F)c2)OC1. The number of hydrogen-bond donors (Lipinski definition) is 0. The minimum Gasteiger partial charge on any atom is -0.432 e. The van der Waals surface area contributed by atoms with Gasteiger partial charge in [0.15, 0.2) is 6.29 Å². The molecule has 5 rings (SSSR count). The molecular weight excluding hydrogens is 568 g/mol. The van der Waals surface area contributed by atoms with Crippen molar-refractivity contribution >= 4 is 11.6 Å². The molecule has 0 unspecified atom stereocenters. The van der Waals surface area contributed by atoms with Gasteiger partial charge in [-0.2, -0.15) is 8.78 Å². The summed E-state index contributed by atoms with van der Waals surface area (Å²) < 4.78 is 75.4. The average Bonchev–Trinajstić information content (AvgIpc) is 2.99. The predicted octanol–water partition coefficient (Wildman–Crippen LogP) is 10.6. The van der Waals surface area contributed by atoms with Gasteiger partial charge >= 0.3 is 6.11 Å². The van der Waals surface area contributed by atoms with Crippen molar-refractivity contribution in [3.63, 3.8) is 0 Å². The minimum absolute atomic E-state index is 0.129. The van der Waals surface area contributed by atoms with Crippen molar-refractivity contribution in [2.24, 2.45) is 23.7 Å². The molecule has 2 saturated carbocycles. The van der Waals surface area contributed by atoms with E-state index in [1.165, 1.54) is 31.4 Å². The molecule has 1 saturated heterocycles. The summed E-state index contributed by atoms with van der Waals surface area (Å²) in [6.45, 7) is 3.49. The quantitative estimate of drug-likeness (QED) is 0.198. The van der Waals surface area contributed by atoms with Gasteiger partial charge in [-0.15, -0.1) is 0 Å². The second-order valence-electron chi connectivity index (χ2n) is 12.6. The van der Waals surface area contributed by atoms with Gasteiger partial charge in [-0.1, -0.05) is 49.9 Å². The first-order valence-electron chi connectivity index (χ1n) is 15.8. The van der Waals surface area contributed by atoms with Crippen LogP contribution in [0.1, 0.15) is 107 Å². The highest BCUT2D eigenvalue weighted by Gasteiger charge is 2.45. The standard InChI is InChI=1S/C34H43ClF4O3/c1-2-3-4-5-22-20-40-33(41-21-22)26-12-16-29(31(36)18-26)25-8-6-23(7-9-25)24-10-13-27(14-11-24)34(38,39)42-28-15-17-30(35)32(37)19-28/h12,15-19,22-25,27,33H,2-11,13-14,20-21H2,1H3. The van der Waals surface area contributed by atoms with Crippen LogP contribution in [0.2, 0.25) is 5.02 Å². The van der Waals surface area contributed by atoms with Crippen LogP contribution in [0.4, 0.5) is 17.6 Å². The number of alkyl halides is 2. The number of hydrogen-bond acceptors (Lipinski definition) is 3. The molecule has 2 aromatic rings. The first-order valence-corrected chi connectivity index (χ1v) is 16.2. The van der Waals surface area contributed by atoms with Crippen LogP contribution in [0, 0.1) is 35.3 Å². The van der Waals surface area contributed by atoms with Gasteiger partial charge in [-0.3, -0.25) is 0 Å². The molecule has 2 aliphatic carbocycles. The topological polar surface area (TPSA) is 27.7 Å². The van der Waals surface area contributed by atoms with Crippen LogP contribution in [0.25, 0.3) is 0 Å². The van der Waals surface area contributed by atoms with Crippen molar-refractivity contribution in [3.05, 3.63) is 64.2 Å². The lowest BCUT2D eigenvalue weighted by Gasteiger charge is -2.39. The summed E-state index contributed by atoms with van der Waals surface area (Å²) in [4.78, 5) is 0. The van der Waals surface area contributed by atoms with Crippen LogP contribution in [-0.2, 0) is 9.47 Å². The normalized spacial score (nSPS) is 28.9. The second-order valence-corrected chi connectivity index (χ2v) is 13.0. The van der Waals surface area contributed by atoms with Crippen LogP contribution in [-0.4, -0.2) is 19.3 Å². The highest BCUT2D eigenvalue weighted by atomic mass is 35.5. The maximum Gasteiger partial charge on any atom is 0.400 e. The maximum atomic E-state index is 15.3. The van der Waals surface area contributed by atoms with E-state index in [2.05, 4.69) is 6.92 Å². The van der Waals surface area contributed by atoms with Gasteiger partial charge in [-0.05, 0) is 99.3 Å². The average molecular weight is 611 g/mol. The maximum absolute atomic E-state index is 15.3. The Balaban J connectivity index is 1.07. The van der Waals surface area contributed by atoms with Gasteiger partial charge in [0.25, 0.3) is 0 Å². The molecule has 0 amide bonds. The second kappa shape index (κ2) is 14.3. The van der Waals surface area contributed by atoms with E-state index in [1.54, 1.807) is 6.07 Å². The van der Waals surface area contributed by atoms with Gasteiger partial charge < -0.3 is 14.2 Å². The molecule has 0 spiro atoms. The van der Waals surface area contributed by atoms with Crippen LogP contribution in [0.15, 0.2) is 36.4 Å². The third-order valence-corrected chi connectivity index (χ3v) is 10.1. The Bertz CT molecular complexity index is 1150. The zero-order chi connectivity index (χ0) is 29.7. The predicted molar refractivity (Wildman–Crippen MR) is 156 cm³/mol. The fourth-order valence-corrected chi connectivity index (χ4v) is 7.33. The van der Waals surface area contributed by atoms with Gasteiger partial charge in [0.2, 0.25) is 0 Å². The van der Waals surface area contributed by atoms with Gasteiger partial charge in [-0.25, -0.2) is 8.78 Å². The molecule has 0 atom stereocenters. The van der Waals surface area contributed by atoms with Crippen molar-refractivity contribution in [1.29, 1.82) is 0 Å². The molecule has 42 heavy (non-hydrogen) atoms. The molecule has 0 N–H and O–H groups in total. The van der Waals surface area contributed by atoms with Crippen molar-refractivity contribution in [2.75, 3.05) is 13.2 Å². The number of halogens is 5. The summed E-state index contributed by atoms with van der Waals surface area (Å²) in [5.74, 6) is -0.653. The molecule has 0 bridgehead atoms. The third-order valence-electron chi connectivity index (χ3n) is 9.75. The number of rotatable bonds is 10. The lowest BCUT2D eigenvalue weighted by atomic mass is 9.68. The van der Waals surface area contributed by atoms with Crippen molar-refractivity contribution in [3.8, 4) is 5.75 Å². The van der Waals surface area contributed by atoms with Gasteiger partial charge in [0, 0.05) is 17.5 Å². The molecule has 3 aliphatic rings. The summed E-state index contributed by atoms with van der Waals surface area (Å²) in [5, 5.41) is -0.129. The molecule has 3 fully saturated rings. The Labute approximate surface area is 252 Å². The lowest BCUT2D eigenvalue weighted by molar-refractivity contribution is -0.224. The molecule has 1 aliphatic heterocycles. The van der Waals surface area contributed by atoms with E-state index in [0.717, 1.165) is 62.1 Å². The van der Waals surface area contributed by atoms with Crippen LogP contribution < -0.4 is 4.74 Å². The highest BCUT2D eigenvalue weighted by Crippen LogP contribution is 2.47. The zero-order valence-electron chi connectivity index (χ0n) is 24.4. The lowest BCUT2D eigenvalue weighted by Crippen LogP contribution is -2.38. The molecular formula is C34H43ClF4O3. The fourth-order valence-electron chi connectivity index (χ4n) is 7.22. The molecule has 232 valence electrons. The summed E-state index contributed by atoms with van der Waals surface area (Å²) in [6, 6.07) is 8.80. The molecule has 0 radical (unpaired) electrons. The van der Waals surface area contributed by atoms with Crippen LogP contribution >= 0.6 is 11.6 Å². The van der Waals surface area contributed by atoms with Crippen molar-refractivity contribution in [1.82, 2.24) is 0 Å². The van der Waals surface area contributed by atoms with Gasteiger partial charge in [0.05, 0.1) is 24.2 Å². The Kier molecular flexibility index (Phi) is 10.8. The summed E-state index contributed by atoms with van der Waals surface area (Å²) in [7, 11) is 0. The van der Waals surface area contributed by atoms with Crippen molar-refractivity contribution < 1.29 is 31.8 Å². The first kappa shape index (κ1) is 31.6. The highest BCUT2D eigenvalue weighted by molar-refractivity contribution is 6.30. The number of ether oxygens (including phenoxy) is 3. The van der Waals surface area contributed by atoms with Crippen molar-refractivity contribution in [2.45, 2.75) is 102 Å². The molecule has 0 aromatic heterocycles. The Hall–Kier alpha value is -1.83. The van der Waals surface area contributed by atoms with E-state index >= 15 is 4.39 Å². The molecule has 3 nitrogen and oxygen atoms in total. The third kappa shape index (κ3) is 7.81. The zero-order valence-corrected chi connectivity index (χ0v) is 25.2. The van der Waals surface area contributed by atoms with Crippen LogP contribution in [0.3, 0.4) is 0 Å². The van der Waals surface area contributed by atoms with E-state index in [4.69, 9.17) is 25.8 Å². The minimum atomic E-state index is -3.36. The van der Waals surface area contributed by atoms with Gasteiger partial charge in [0.1, 0.15) is 17.4 Å². The largest absolute Gasteiger partial charge is 0.432 e. The van der Waals surface area contributed by atoms with E-state index in [9.17, 15) is 13.2 Å². The number of unbranched alkanes of at least 4 members (excludes halogenated alkanes) is 2. The number of benzene rings is 2. The Morgan fingerprint density at radius 3 is 2.12 bits per heavy atom. The smallest absolute Gasteiger partial charge is 0.400 e. The Morgan fingerprint density at radius 1 is 0.833 bits per heavy atom. The van der Waals surface area contributed by atoms with E-state index in [0.29, 0.717) is 43.8 Å². The van der Waals surface area contributed by atoms with E-state index in [-0.39, 0.29) is 22.5 Å². The summed E-state index contributed by atoms with van der Waals surface area (Å²) in [6.07, 6.45) is 6.77. The monoisotopic (exact) mass is 610 g/mol. The Morgan fingerprint density at radius 2 is 1.50 bits per heavy atom. The summed E-state index contributed by atoms with van der Waals surface area (Å²) in [5.41, 5.74) is 1.49. The summed E-state index contributed by atoms with van der Waals surface area (Å²) >= 11 is 5.65. The first-order chi connectivity index (χ1) is 20.2. The molecule has 2 aromatic carbocycles. The molecule has 8 heteroatoms.